The summed E-state index contributed by atoms with van der Waals surface area (Å²) in [6.45, 7) is 0. The Balaban J connectivity index is 1.90. The zero-order valence-corrected chi connectivity index (χ0v) is 12.5. The van der Waals surface area contributed by atoms with E-state index in [-0.39, 0.29) is 0 Å². The Kier molecular flexibility index (Phi) is 3.19. The van der Waals surface area contributed by atoms with Gasteiger partial charge < -0.3 is 0 Å². The first kappa shape index (κ1) is 14.3. The number of pyridine rings is 2. The molecule has 4 rings (SSSR count). The minimum Gasteiger partial charge on any atom is -0.289 e. The van der Waals surface area contributed by atoms with Gasteiger partial charge in [0.15, 0.2) is 0 Å². The Bertz CT molecular complexity index is 788. The first-order valence-electron chi connectivity index (χ1n) is 7.34. The number of carbonyl (C=O) groups is 1. The van der Waals surface area contributed by atoms with E-state index in [9.17, 15) is 4.79 Å². The van der Waals surface area contributed by atoms with Crippen LogP contribution in [0.4, 0.5) is 0 Å². The molecule has 0 aromatic carbocycles. The number of aliphatic imine (C=N–C) groups is 4. The summed E-state index contributed by atoms with van der Waals surface area (Å²) in [6, 6.07) is 10.5. The topological polar surface area (TPSA) is 92.3 Å². The predicted molar refractivity (Wildman–Crippen MR) is 90.8 cm³/mol. The van der Waals surface area contributed by atoms with Gasteiger partial charge in [0, 0.05) is 37.3 Å². The molecular weight excluding hydrogens is 304 g/mol. The van der Waals surface area contributed by atoms with Crippen LogP contribution >= 0.6 is 0 Å². The molecule has 0 atom stereocenters. The van der Waals surface area contributed by atoms with Gasteiger partial charge in [-0.25, -0.2) is 20.0 Å². The van der Waals surface area contributed by atoms with Crippen molar-refractivity contribution in [1.29, 1.82) is 0 Å². The van der Waals surface area contributed by atoms with E-state index in [1.54, 1.807) is 48.8 Å². The van der Waals surface area contributed by atoms with Crippen molar-refractivity contribution in [2.24, 2.45) is 20.0 Å². The van der Waals surface area contributed by atoms with Crippen molar-refractivity contribution >= 4 is 30.6 Å². The summed E-state index contributed by atoms with van der Waals surface area (Å²) < 4.78 is 0. The molecule has 116 valence electrons. The van der Waals surface area contributed by atoms with Crippen molar-refractivity contribution in [3.8, 4) is 0 Å². The molecule has 7 nitrogen and oxygen atoms in total. The van der Waals surface area contributed by atoms with E-state index < -0.39 is 17.1 Å². The minimum absolute atomic E-state index is 0.414. The lowest BCUT2D eigenvalue weighted by Crippen LogP contribution is -2.45. The Morgan fingerprint density at radius 1 is 0.667 bits per heavy atom. The molecular formula is C17H12N6O. The van der Waals surface area contributed by atoms with Crippen molar-refractivity contribution in [3.05, 3.63) is 60.2 Å². The molecule has 0 amide bonds. The molecule has 0 saturated heterocycles. The highest BCUT2D eigenvalue weighted by Gasteiger charge is 2.55. The van der Waals surface area contributed by atoms with E-state index in [0.29, 0.717) is 11.4 Å². The summed E-state index contributed by atoms with van der Waals surface area (Å²) in [5.74, 6) is -0.414. The average Bonchev–Trinajstić information content (AvgIpc) is 3.34. The highest BCUT2D eigenvalue weighted by Crippen LogP contribution is 2.40. The molecule has 2 aliphatic rings. The van der Waals surface area contributed by atoms with Gasteiger partial charge in [-0.2, -0.15) is 0 Å². The molecule has 24 heavy (non-hydrogen) atoms. The van der Waals surface area contributed by atoms with Gasteiger partial charge in [-0.1, -0.05) is 12.1 Å². The zero-order chi connectivity index (χ0) is 16.5. The normalized spacial score (nSPS) is 19.0. The van der Waals surface area contributed by atoms with Crippen LogP contribution in [-0.2, 0) is 16.1 Å². The summed E-state index contributed by atoms with van der Waals surface area (Å²) in [5, 5.41) is 0. The van der Waals surface area contributed by atoms with Crippen LogP contribution in [0, 0.1) is 0 Å². The fraction of sp³-hybridized carbons (Fsp3) is 0.118. The van der Waals surface area contributed by atoms with Crippen LogP contribution in [0.2, 0.25) is 0 Å². The van der Waals surface area contributed by atoms with E-state index in [0.717, 1.165) is 0 Å². The molecule has 0 N–H and O–H groups in total. The number of hydrogen-bond acceptors (Lipinski definition) is 7. The van der Waals surface area contributed by atoms with Gasteiger partial charge in [0.05, 0.1) is 11.4 Å². The van der Waals surface area contributed by atoms with Gasteiger partial charge in [-0.15, -0.1) is 0 Å². The van der Waals surface area contributed by atoms with Gasteiger partial charge in [0.1, 0.15) is 0 Å². The van der Waals surface area contributed by atoms with E-state index in [1.807, 2.05) is 0 Å². The highest BCUT2D eigenvalue weighted by atomic mass is 16.1. The first-order chi connectivity index (χ1) is 11.8. The molecule has 4 heterocycles. The zero-order valence-electron chi connectivity index (χ0n) is 12.5. The summed E-state index contributed by atoms with van der Waals surface area (Å²) >= 11 is 0. The summed E-state index contributed by atoms with van der Waals surface area (Å²) in [6.07, 6.45) is 9.15. The second kappa shape index (κ2) is 5.38. The van der Waals surface area contributed by atoms with Crippen LogP contribution in [0.25, 0.3) is 0 Å². The third kappa shape index (κ3) is 1.95. The molecule has 0 radical (unpaired) electrons. The molecule has 2 aromatic heterocycles. The molecule has 0 fully saturated rings. The highest BCUT2D eigenvalue weighted by molar-refractivity contribution is 6.22. The number of Topliss-reactive ketones (excluding diaryl/α,β-unsaturated/α-hetero) is 1. The molecule has 0 bridgehead atoms. The molecule has 2 aromatic rings. The molecule has 0 aliphatic carbocycles. The second-order valence-corrected chi connectivity index (χ2v) is 5.22. The molecule has 0 saturated carbocycles. The minimum atomic E-state index is -1.50. The Morgan fingerprint density at radius 3 is 1.42 bits per heavy atom. The number of aromatic nitrogens is 2. The van der Waals surface area contributed by atoms with Crippen molar-refractivity contribution < 1.29 is 4.79 Å². The molecule has 0 unspecified atom stereocenters. The quantitative estimate of drug-likeness (QED) is 0.852. The van der Waals surface area contributed by atoms with E-state index in [4.69, 9.17) is 0 Å². The first-order valence-corrected chi connectivity index (χ1v) is 7.34. The standard InChI is InChI=1S/C17H12N6O/c24-15(16(20-9-10-21-16)13-5-1-3-7-18-13)17(22-11-12-23-17)14-6-2-4-8-19-14/h1-12H. The van der Waals surface area contributed by atoms with E-state index in [1.165, 1.54) is 24.9 Å². The number of carbonyl (C=O) groups excluding carboxylic acids is 1. The van der Waals surface area contributed by atoms with Crippen molar-refractivity contribution in [2.45, 2.75) is 11.3 Å². The Morgan fingerprint density at radius 2 is 1.08 bits per heavy atom. The number of rotatable bonds is 4. The SMILES string of the molecule is O=C(C1(c2ccccn2)N=CC=N1)C1(c2ccccn2)N=CC=N1. The summed E-state index contributed by atoms with van der Waals surface area (Å²) in [4.78, 5) is 39.4. The monoisotopic (exact) mass is 316 g/mol. The summed E-state index contributed by atoms with van der Waals surface area (Å²) in [7, 11) is 0. The van der Waals surface area contributed by atoms with Crippen LogP contribution in [-0.4, -0.2) is 40.6 Å². The number of nitrogens with zero attached hydrogens (tertiary/aromatic N) is 6. The predicted octanol–water partition coefficient (Wildman–Crippen LogP) is 1.36. The molecule has 0 spiro atoms. The fourth-order valence-corrected chi connectivity index (χ4v) is 2.74. The Labute approximate surface area is 137 Å². The maximum atomic E-state index is 13.6. The van der Waals surface area contributed by atoms with Gasteiger partial charge in [0.25, 0.3) is 11.3 Å². The van der Waals surface area contributed by atoms with Crippen LogP contribution in [0.3, 0.4) is 0 Å². The molecule has 2 aliphatic heterocycles. The van der Waals surface area contributed by atoms with Crippen molar-refractivity contribution in [2.75, 3.05) is 0 Å². The van der Waals surface area contributed by atoms with Crippen LogP contribution < -0.4 is 0 Å². The van der Waals surface area contributed by atoms with Crippen LogP contribution in [0.15, 0.2) is 68.8 Å². The van der Waals surface area contributed by atoms with Crippen LogP contribution in [0.1, 0.15) is 11.4 Å². The fourth-order valence-electron chi connectivity index (χ4n) is 2.74. The van der Waals surface area contributed by atoms with Gasteiger partial charge >= 0.3 is 0 Å². The summed E-state index contributed by atoms with van der Waals surface area (Å²) in [5.41, 5.74) is -2.16. The van der Waals surface area contributed by atoms with Gasteiger partial charge in [-0.05, 0) is 24.3 Å². The third-order valence-electron chi connectivity index (χ3n) is 3.86. The average molecular weight is 316 g/mol. The lowest BCUT2D eigenvalue weighted by atomic mass is 9.89. The van der Waals surface area contributed by atoms with Gasteiger partial charge in [0.2, 0.25) is 5.78 Å². The second-order valence-electron chi connectivity index (χ2n) is 5.22. The largest absolute Gasteiger partial charge is 0.289 e. The maximum absolute atomic E-state index is 13.6. The third-order valence-corrected chi connectivity index (χ3v) is 3.86. The van der Waals surface area contributed by atoms with E-state index in [2.05, 4.69) is 29.9 Å². The van der Waals surface area contributed by atoms with E-state index >= 15 is 0 Å². The number of ketones is 1. The van der Waals surface area contributed by atoms with Gasteiger partial charge in [-0.3, -0.25) is 14.8 Å². The number of hydrogen-bond donors (Lipinski definition) is 0. The lowest BCUT2D eigenvalue weighted by molar-refractivity contribution is -0.129. The van der Waals surface area contributed by atoms with Crippen LogP contribution in [0.5, 0.6) is 0 Å². The molecule has 7 heteroatoms. The lowest BCUT2D eigenvalue weighted by Gasteiger charge is -2.29. The maximum Gasteiger partial charge on any atom is 0.256 e. The van der Waals surface area contributed by atoms with Crippen molar-refractivity contribution in [1.82, 2.24) is 9.97 Å². The smallest absolute Gasteiger partial charge is 0.256 e. The van der Waals surface area contributed by atoms with Crippen molar-refractivity contribution in [3.63, 3.8) is 0 Å². The Hall–Kier alpha value is -3.35.